The Labute approximate surface area is 105 Å². The van der Waals surface area contributed by atoms with Crippen LogP contribution in [0.25, 0.3) is 12.2 Å². The van der Waals surface area contributed by atoms with E-state index < -0.39 is 0 Å². The van der Waals surface area contributed by atoms with Gasteiger partial charge >= 0.3 is 0 Å². The van der Waals surface area contributed by atoms with Crippen molar-refractivity contribution in [1.29, 1.82) is 0 Å². The van der Waals surface area contributed by atoms with Crippen LogP contribution in [-0.4, -0.2) is 4.92 Å². The van der Waals surface area contributed by atoms with Crippen molar-refractivity contribution < 1.29 is 9.49 Å². The number of rotatable bonds is 3. The summed E-state index contributed by atoms with van der Waals surface area (Å²) in [6, 6.07) is 12.4. The fourth-order valence-corrected chi connectivity index (χ4v) is 1.63. The number of nitro groups is 1. The van der Waals surface area contributed by atoms with Gasteiger partial charge in [-0.1, -0.05) is 12.1 Å². The predicted molar refractivity (Wildman–Crippen MR) is 69.6 cm³/mol. The number of aromatic nitrogens is 1. The summed E-state index contributed by atoms with van der Waals surface area (Å²) >= 11 is 0. The van der Waals surface area contributed by atoms with Crippen molar-refractivity contribution in [3.63, 3.8) is 0 Å². The Bertz CT molecular complexity index is 606. The summed E-state index contributed by atoms with van der Waals surface area (Å²) in [5.41, 5.74) is 1.95. The molecule has 90 valence electrons. The van der Waals surface area contributed by atoms with Crippen LogP contribution in [0.4, 0.5) is 5.69 Å². The number of aryl methyl sites for hydroxylation is 1. The van der Waals surface area contributed by atoms with E-state index in [0.717, 1.165) is 11.3 Å². The van der Waals surface area contributed by atoms with Crippen molar-refractivity contribution in [3.05, 3.63) is 70.0 Å². The molecule has 0 bridgehead atoms. The van der Waals surface area contributed by atoms with Crippen LogP contribution in [0.15, 0.2) is 48.7 Å². The zero-order valence-corrected chi connectivity index (χ0v) is 9.98. The molecule has 0 unspecified atom stereocenters. The molecule has 0 saturated carbocycles. The standard InChI is InChI=1S/C14H13N2O2/c1-15-10-3-2-6-13(15)9-8-12-5-4-7-14(11-12)16(17)18/h2-11H,1H3/q+1/b9-8-. The third kappa shape index (κ3) is 2.79. The van der Waals surface area contributed by atoms with Crippen molar-refractivity contribution in [2.45, 2.75) is 0 Å². The van der Waals surface area contributed by atoms with Crippen molar-refractivity contribution >= 4 is 17.8 Å². The first-order chi connectivity index (χ1) is 8.66. The zero-order chi connectivity index (χ0) is 13.0. The van der Waals surface area contributed by atoms with Crippen LogP contribution in [0.5, 0.6) is 0 Å². The van der Waals surface area contributed by atoms with Gasteiger partial charge in [0.15, 0.2) is 6.20 Å². The highest BCUT2D eigenvalue weighted by Crippen LogP contribution is 2.14. The third-order valence-electron chi connectivity index (χ3n) is 2.62. The van der Waals surface area contributed by atoms with Crippen molar-refractivity contribution in [2.24, 2.45) is 7.05 Å². The van der Waals surface area contributed by atoms with E-state index in [1.54, 1.807) is 12.1 Å². The van der Waals surface area contributed by atoms with Crippen molar-refractivity contribution in [2.75, 3.05) is 0 Å². The minimum atomic E-state index is -0.389. The smallest absolute Gasteiger partial charge is 0.258 e. The van der Waals surface area contributed by atoms with E-state index in [0.29, 0.717) is 0 Å². The van der Waals surface area contributed by atoms with Crippen LogP contribution >= 0.6 is 0 Å². The molecule has 0 saturated heterocycles. The average Bonchev–Trinajstić information content (AvgIpc) is 2.38. The third-order valence-corrected chi connectivity index (χ3v) is 2.62. The van der Waals surface area contributed by atoms with E-state index in [-0.39, 0.29) is 10.6 Å². The molecule has 1 heterocycles. The Morgan fingerprint density at radius 1 is 1.17 bits per heavy atom. The van der Waals surface area contributed by atoms with Gasteiger partial charge in [-0.25, -0.2) is 4.57 Å². The molecule has 0 fully saturated rings. The number of non-ortho nitro benzene ring substituents is 1. The molecular formula is C14H13N2O2+. The van der Waals surface area contributed by atoms with Gasteiger partial charge in [-0.2, -0.15) is 0 Å². The highest BCUT2D eigenvalue weighted by molar-refractivity contribution is 5.68. The Kier molecular flexibility index (Phi) is 3.48. The van der Waals surface area contributed by atoms with E-state index in [1.807, 2.05) is 54.2 Å². The minimum absolute atomic E-state index is 0.106. The van der Waals surface area contributed by atoms with Gasteiger partial charge in [-0.05, 0) is 17.7 Å². The number of hydrogen-bond donors (Lipinski definition) is 0. The van der Waals surface area contributed by atoms with Gasteiger partial charge in [-0.15, -0.1) is 0 Å². The number of nitrogens with zero attached hydrogens (tertiary/aromatic N) is 2. The molecule has 2 aromatic rings. The van der Waals surface area contributed by atoms with Crippen LogP contribution < -0.4 is 4.57 Å². The molecule has 4 nitrogen and oxygen atoms in total. The SMILES string of the molecule is C[n+]1ccccc1/C=C\c1cccc([N+](=O)[O-])c1. The second-order valence-corrected chi connectivity index (χ2v) is 3.92. The number of benzene rings is 1. The largest absolute Gasteiger partial charge is 0.270 e. The summed E-state index contributed by atoms with van der Waals surface area (Å²) in [5, 5.41) is 10.7. The summed E-state index contributed by atoms with van der Waals surface area (Å²) in [5.74, 6) is 0. The fraction of sp³-hybridized carbons (Fsp3) is 0.0714. The quantitative estimate of drug-likeness (QED) is 0.471. The second-order valence-electron chi connectivity index (χ2n) is 3.92. The molecule has 2 rings (SSSR count). The molecule has 18 heavy (non-hydrogen) atoms. The molecule has 0 atom stereocenters. The minimum Gasteiger partial charge on any atom is -0.258 e. The van der Waals surface area contributed by atoms with Gasteiger partial charge in [0, 0.05) is 30.3 Å². The van der Waals surface area contributed by atoms with E-state index in [9.17, 15) is 10.1 Å². The summed E-state index contributed by atoms with van der Waals surface area (Å²) in [6.45, 7) is 0. The average molecular weight is 241 g/mol. The highest BCUT2D eigenvalue weighted by atomic mass is 16.6. The fourth-order valence-electron chi connectivity index (χ4n) is 1.63. The second kappa shape index (κ2) is 5.23. The van der Waals surface area contributed by atoms with E-state index in [1.165, 1.54) is 6.07 Å². The lowest BCUT2D eigenvalue weighted by Gasteiger charge is -1.95. The lowest BCUT2D eigenvalue weighted by atomic mass is 10.1. The van der Waals surface area contributed by atoms with E-state index in [2.05, 4.69) is 0 Å². The maximum Gasteiger partial charge on any atom is 0.270 e. The molecule has 4 heteroatoms. The van der Waals surface area contributed by atoms with E-state index in [4.69, 9.17) is 0 Å². The van der Waals surface area contributed by atoms with E-state index >= 15 is 0 Å². The molecule has 1 aromatic carbocycles. The monoisotopic (exact) mass is 241 g/mol. The van der Waals surface area contributed by atoms with Gasteiger partial charge < -0.3 is 0 Å². The lowest BCUT2D eigenvalue weighted by molar-refractivity contribution is -0.673. The summed E-state index contributed by atoms with van der Waals surface area (Å²) in [4.78, 5) is 10.3. The Morgan fingerprint density at radius 2 is 2.00 bits per heavy atom. The van der Waals surface area contributed by atoms with Gasteiger partial charge in [-0.3, -0.25) is 10.1 Å². The molecule has 0 radical (unpaired) electrons. The molecule has 0 aliphatic carbocycles. The van der Waals surface area contributed by atoms with Crippen molar-refractivity contribution in [3.8, 4) is 0 Å². The summed E-state index contributed by atoms with van der Waals surface area (Å²) in [6.07, 6.45) is 5.74. The first-order valence-electron chi connectivity index (χ1n) is 5.54. The normalized spacial score (nSPS) is 10.7. The predicted octanol–water partition coefficient (Wildman–Crippen LogP) is 2.59. The number of nitro benzene ring substituents is 1. The number of hydrogen-bond acceptors (Lipinski definition) is 2. The molecule has 0 amide bonds. The van der Waals surface area contributed by atoms with Gasteiger partial charge in [0.2, 0.25) is 5.69 Å². The van der Waals surface area contributed by atoms with Gasteiger partial charge in [0.25, 0.3) is 5.69 Å². The lowest BCUT2D eigenvalue weighted by Crippen LogP contribution is -2.30. The molecule has 0 spiro atoms. The first kappa shape index (κ1) is 12.0. The van der Waals surface area contributed by atoms with Gasteiger partial charge in [0.1, 0.15) is 7.05 Å². The first-order valence-corrected chi connectivity index (χ1v) is 5.54. The topological polar surface area (TPSA) is 47.0 Å². The molecule has 0 aliphatic heterocycles. The van der Waals surface area contributed by atoms with Crippen LogP contribution in [0, 0.1) is 10.1 Å². The Hall–Kier alpha value is -2.49. The molecule has 1 aromatic heterocycles. The van der Waals surface area contributed by atoms with Crippen LogP contribution in [0.2, 0.25) is 0 Å². The maximum atomic E-state index is 10.7. The maximum absolute atomic E-state index is 10.7. The summed E-state index contributed by atoms with van der Waals surface area (Å²) in [7, 11) is 1.95. The summed E-state index contributed by atoms with van der Waals surface area (Å²) < 4.78 is 1.98. The van der Waals surface area contributed by atoms with Gasteiger partial charge in [0.05, 0.1) is 4.92 Å². The van der Waals surface area contributed by atoms with Crippen LogP contribution in [0.3, 0.4) is 0 Å². The zero-order valence-electron chi connectivity index (χ0n) is 9.98. The van der Waals surface area contributed by atoms with Crippen LogP contribution in [-0.2, 0) is 7.05 Å². The highest BCUT2D eigenvalue weighted by Gasteiger charge is 2.04. The molecule has 0 aliphatic rings. The Balaban J connectivity index is 2.27. The molecular weight excluding hydrogens is 228 g/mol. The number of pyridine rings is 1. The van der Waals surface area contributed by atoms with Crippen molar-refractivity contribution in [1.82, 2.24) is 0 Å². The Morgan fingerprint density at radius 3 is 2.72 bits per heavy atom. The van der Waals surface area contributed by atoms with Crippen LogP contribution in [0.1, 0.15) is 11.3 Å². The molecule has 0 N–H and O–H groups in total.